The summed E-state index contributed by atoms with van der Waals surface area (Å²) in [7, 11) is -3.65. The van der Waals surface area contributed by atoms with Crippen molar-refractivity contribution in [3.8, 4) is 0 Å². The third-order valence-electron chi connectivity index (χ3n) is 1.95. The fourth-order valence-corrected chi connectivity index (χ4v) is 2.43. The largest absolute Gasteiger partial charge is 0.286 e. The summed E-state index contributed by atoms with van der Waals surface area (Å²) in [5.74, 6) is 0. The van der Waals surface area contributed by atoms with E-state index >= 15 is 0 Å². The molecule has 0 spiro atoms. The van der Waals surface area contributed by atoms with Crippen molar-refractivity contribution in [3.63, 3.8) is 0 Å². The van der Waals surface area contributed by atoms with Crippen molar-refractivity contribution >= 4 is 10.0 Å². The molecule has 0 saturated carbocycles. The Hall–Kier alpha value is -1.76. The molecule has 0 aliphatic carbocycles. The van der Waals surface area contributed by atoms with Crippen LogP contribution in [-0.2, 0) is 10.0 Å². The molecule has 0 unspecified atom stereocenters. The van der Waals surface area contributed by atoms with E-state index in [4.69, 9.17) is 0 Å². The highest BCUT2D eigenvalue weighted by Crippen LogP contribution is 2.15. The molecule has 15 heavy (non-hydrogen) atoms. The second kappa shape index (κ2) is 3.43. The first-order chi connectivity index (χ1) is 7.12. The zero-order chi connectivity index (χ0) is 10.9. The van der Waals surface area contributed by atoms with Gasteiger partial charge in [0.05, 0.1) is 4.90 Å². The van der Waals surface area contributed by atoms with E-state index in [9.17, 15) is 8.42 Å². The highest BCUT2D eigenvalue weighted by atomic mass is 32.2. The number of rotatable bonds is 2. The average Bonchev–Trinajstić information content (AvgIpc) is 2.71. The van der Waals surface area contributed by atoms with Gasteiger partial charge in [-0.05, 0) is 29.0 Å². The lowest BCUT2D eigenvalue weighted by Gasteiger charge is -2.04. The van der Waals surface area contributed by atoms with E-state index in [0.717, 1.165) is 10.4 Å². The van der Waals surface area contributed by atoms with Crippen molar-refractivity contribution in [2.24, 2.45) is 0 Å². The van der Waals surface area contributed by atoms with Crippen LogP contribution in [0, 0.1) is 6.92 Å². The third-order valence-corrected chi connectivity index (χ3v) is 3.62. The molecule has 0 bridgehead atoms. The zero-order valence-corrected chi connectivity index (χ0v) is 8.72. The van der Waals surface area contributed by atoms with Gasteiger partial charge in [-0.15, -0.1) is 9.19 Å². The minimum atomic E-state index is -3.65. The molecule has 78 valence electrons. The van der Waals surface area contributed by atoms with Gasteiger partial charge in [0, 0.05) is 0 Å². The van der Waals surface area contributed by atoms with Crippen LogP contribution in [-0.4, -0.2) is 28.0 Å². The molecule has 2 aromatic rings. The molecular formula is C8H8N4O2S. The molecule has 0 fully saturated rings. The fraction of sp³-hybridized carbons (Fsp3) is 0.125. The van der Waals surface area contributed by atoms with E-state index in [0.29, 0.717) is 5.56 Å². The van der Waals surface area contributed by atoms with Gasteiger partial charge in [0.15, 0.2) is 6.33 Å². The normalized spacial score (nSPS) is 11.5. The van der Waals surface area contributed by atoms with Gasteiger partial charge in [-0.25, -0.2) is 0 Å². The van der Waals surface area contributed by atoms with Crippen LogP contribution in [0.4, 0.5) is 0 Å². The topological polar surface area (TPSA) is 77.7 Å². The molecule has 2 rings (SSSR count). The Morgan fingerprint density at radius 3 is 2.60 bits per heavy atom. The Labute approximate surface area is 86.6 Å². The zero-order valence-electron chi connectivity index (χ0n) is 7.90. The predicted octanol–water partition coefficient (Wildman–Crippen LogP) is 0.219. The highest BCUT2D eigenvalue weighted by Gasteiger charge is 2.19. The molecular weight excluding hydrogens is 216 g/mol. The number of nitrogens with zero attached hydrogens (tertiary/aromatic N) is 4. The van der Waals surface area contributed by atoms with Gasteiger partial charge < -0.3 is 0 Å². The summed E-state index contributed by atoms with van der Waals surface area (Å²) in [6.45, 7) is 1.72. The van der Waals surface area contributed by atoms with E-state index in [1.54, 1.807) is 25.1 Å². The SMILES string of the molecule is Cc1ccccc1S(=O)(=O)n1cnnn1. The fourth-order valence-electron chi connectivity index (χ4n) is 1.21. The third kappa shape index (κ3) is 1.61. The van der Waals surface area contributed by atoms with Crippen LogP contribution in [0.2, 0.25) is 0 Å². The van der Waals surface area contributed by atoms with Gasteiger partial charge in [0.1, 0.15) is 0 Å². The standard InChI is InChI=1S/C8H8N4O2S/c1-7-4-2-3-5-8(7)15(13,14)12-6-9-10-11-12/h2-6H,1H3. The minimum absolute atomic E-state index is 0.206. The number of hydrogen-bond donors (Lipinski definition) is 0. The molecule has 1 heterocycles. The maximum absolute atomic E-state index is 11.9. The molecule has 0 radical (unpaired) electrons. The lowest BCUT2D eigenvalue weighted by atomic mass is 10.2. The van der Waals surface area contributed by atoms with E-state index in [1.807, 2.05) is 0 Å². The second-order valence-corrected chi connectivity index (χ2v) is 4.72. The summed E-state index contributed by atoms with van der Waals surface area (Å²) in [4.78, 5) is 0.206. The first-order valence-corrected chi connectivity index (χ1v) is 5.60. The molecule has 0 amide bonds. The molecule has 0 N–H and O–H groups in total. The maximum atomic E-state index is 11.9. The Balaban J connectivity index is 2.62. The van der Waals surface area contributed by atoms with Crippen molar-refractivity contribution in [1.29, 1.82) is 0 Å². The Morgan fingerprint density at radius 1 is 1.27 bits per heavy atom. The molecule has 0 aliphatic rings. The monoisotopic (exact) mass is 224 g/mol. The van der Waals surface area contributed by atoms with E-state index in [-0.39, 0.29) is 4.90 Å². The Morgan fingerprint density at radius 2 is 2.00 bits per heavy atom. The van der Waals surface area contributed by atoms with Crippen LogP contribution in [0.25, 0.3) is 0 Å². The predicted molar refractivity (Wildman–Crippen MR) is 51.6 cm³/mol. The summed E-state index contributed by atoms with van der Waals surface area (Å²) in [5, 5.41) is 9.97. The van der Waals surface area contributed by atoms with Gasteiger partial charge in [-0.2, -0.15) is 8.42 Å². The molecule has 6 nitrogen and oxygen atoms in total. The van der Waals surface area contributed by atoms with Gasteiger partial charge in [-0.1, -0.05) is 18.2 Å². The van der Waals surface area contributed by atoms with Crippen molar-refractivity contribution < 1.29 is 8.42 Å². The Bertz CT molecular complexity index is 562. The summed E-state index contributed by atoms with van der Waals surface area (Å²) >= 11 is 0. The van der Waals surface area contributed by atoms with Crippen molar-refractivity contribution in [2.75, 3.05) is 0 Å². The van der Waals surface area contributed by atoms with E-state index < -0.39 is 10.0 Å². The molecule has 0 atom stereocenters. The molecule has 0 aliphatic heterocycles. The van der Waals surface area contributed by atoms with Crippen LogP contribution in [0.15, 0.2) is 35.5 Å². The number of benzene rings is 1. The van der Waals surface area contributed by atoms with Crippen LogP contribution >= 0.6 is 0 Å². The Kier molecular flexibility index (Phi) is 2.24. The first-order valence-electron chi connectivity index (χ1n) is 4.16. The van der Waals surface area contributed by atoms with Gasteiger partial charge >= 0.3 is 0 Å². The van der Waals surface area contributed by atoms with Crippen LogP contribution in [0.3, 0.4) is 0 Å². The molecule has 1 aromatic heterocycles. The summed E-state index contributed by atoms with van der Waals surface area (Å²) in [5.41, 5.74) is 0.660. The number of tetrazole rings is 1. The number of aryl methyl sites for hydroxylation is 1. The molecule has 1 aromatic carbocycles. The smallest absolute Gasteiger partial charge is 0.199 e. The van der Waals surface area contributed by atoms with E-state index in [2.05, 4.69) is 15.5 Å². The summed E-state index contributed by atoms with van der Waals surface area (Å²) < 4.78 is 24.6. The lowest BCUT2D eigenvalue weighted by molar-refractivity contribution is 0.576. The lowest BCUT2D eigenvalue weighted by Crippen LogP contribution is -2.14. The summed E-state index contributed by atoms with van der Waals surface area (Å²) in [6, 6.07) is 6.67. The van der Waals surface area contributed by atoms with Crippen LogP contribution < -0.4 is 0 Å². The second-order valence-electron chi connectivity index (χ2n) is 2.95. The van der Waals surface area contributed by atoms with Gasteiger partial charge in [0.2, 0.25) is 0 Å². The highest BCUT2D eigenvalue weighted by molar-refractivity contribution is 7.89. The van der Waals surface area contributed by atoms with Gasteiger partial charge in [-0.3, -0.25) is 0 Å². The quantitative estimate of drug-likeness (QED) is 0.729. The van der Waals surface area contributed by atoms with E-state index in [1.165, 1.54) is 6.07 Å². The first kappa shape index (κ1) is 9.78. The van der Waals surface area contributed by atoms with Crippen molar-refractivity contribution in [1.82, 2.24) is 19.6 Å². The maximum Gasteiger partial charge on any atom is 0.286 e. The summed E-state index contributed by atoms with van der Waals surface area (Å²) in [6.07, 6.45) is 1.06. The van der Waals surface area contributed by atoms with Crippen molar-refractivity contribution in [2.45, 2.75) is 11.8 Å². The molecule has 0 saturated heterocycles. The van der Waals surface area contributed by atoms with Crippen LogP contribution in [0.5, 0.6) is 0 Å². The van der Waals surface area contributed by atoms with Crippen LogP contribution in [0.1, 0.15) is 5.56 Å². The molecule has 7 heteroatoms. The average molecular weight is 224 g/mol. The number of hydrogen-bond acceptors (Lipinski definition) is 5. The number of aromatic nitrogens is 4. The van der Waals surface area contributed by atoms with Gasteiger partial charge in [0.25, 0.3) is 10.0 Å². The van der Waals surface area contributed by atoms with Crippen molar-refractivity contribution in [3.05, 3.63) is 36.2 Å². The minimum Gasteiger partial charge on any atom is -0.199 e.